The molecule has 0 spiro atoms. The number of nitrogens with two attached hydrogens (primary N) is 1. The van der Waals surface area contributed by atoms with Crippen LogP contribution in [0.15, 0.2) is 0 Å². The predicted octanol–water partition coefficient (Wildman–Crippen LogP) is 1.97. The van der Waals surface area contributed by atoms with E-state index in [1.54, 1.807) is 0 Å². The Kier molecular flexibility index (Phi) is 8.69. The minimum Gasteiger partial charge on any atom is -0.376 e. The standard InChI is InChI=1S/C16H30N2O3.ClH/c1-12-6-7-18(14(9-12)10-17)16(19)13(2)21-11-15-5-3-4-8-20-15;/h12-15H,3-11,17H2,1-2H3;1H. The van der Waals surface area contributed by atoms with E-state index in [-0.39, 0.29) is 30.5 Å². The third-order valence-corrected chi connectivity index (χ3v) is 4.69. The molecule has 2 fully saturated rings. The maximum atomic E-state index is 12.6. The largest absolute Gasteiger partial charge is 0.376 e. The molecule has 6 heteroatoms. The summed E-state index contributed by atoms with van der Waals surface area (Å²) in [6, 6.07) is 0.165. The van der Waals surface area contributed by atoms with Gasteiger partial charge in [0, 0.05) is 25.7 Å². The number of carbonyl (C=O) groups is 1. The van der Waals surface area contributed by atoms with Crippen LogP contribution in [-0.4, -0.2) is 55.4 Å². The highest BCUT2D eigenvalue weighted by molar-refractivity contribution is 5.85. The second-order valence-electron chi connectivity index (χ2n) is 6.51. The van der Waals surface area contributed by atoms with Crippen LogP contribution < -0.4 is 5.73 Å². The number of amides is 1. The molecule has 0 saturated carbocycles. The molecule has 0 aliphatic carbocycles. The molecule has 2 heterocycles. The Morgan fingerprint density at radius 1 is 1.41 bits per heavy atom. The van der Waals surface area contributed by atoms with Crippen LogP contribution in [0.5, 0.6) is 0 Å². The number of likely N-dealkylation sites (tertiary alicyclic amines) is 1. The number of carbonyl (C=O) groups excluding carboxylic acids is 1. The Labute approximate surface area is 140 Å². The van der Waals surface area contributed by atoms with Gasteiger partial charge in [-0.1, -0.05) is 6.92 Å². The van der Waals surface area contributed by atoms with E-state index >= 15 is 0 Å². The highest BCUT2D eigenvalue weighted by Crippen LogP contribution is 2.23. The Balaban J connectivity index is 0.00000242. The monoisotopic (exact) mass is 334 g/mol. The summed E-state index contributed by atoms with van der Waals surface area (Å²) < 4.78 is 11.4. The third-order valence-electron chi connectivity index (χ3n) is 4.69. The summed E-state index contributed by atoms with van der Waals surface area (Å²) in [6.45, 7) is 6.74. The van der Waals surface area contributed by atoms with Crippen molar-refractivity contribution in [1.82, 2.24) is 4.90 Å². The molecule has 4 atom stereocenters. The highest BCUT2D eigenvalue weighted by atomic mass is 35.5. The summed E-state index contributed by atoms with van der Waals surface area (Å²) >= 11 is 0. The lowest BCUT2D eigenvalue weighted by Gasteiger charge is -2.39. The lowest BCUT2D eigenvalue weighted by atomic mass is 9.92. The molecule has 2 N–H and O–H groups in total. The van der Waals surface area contributed by atoms with E-state index < -0.39 is 6.10 Å². The summed E-state index contributed by atoms with van der Waals surface area (Å²) in [5.74, 6) is 0.725. The first-order valence-corrected chi connectivity index (χ1v) is 8.35. The zero-order valence-electron chi connectivity index (χ0n) is 13.8. The van der Waals surface area contributed by atoms with E-state index in [4.69, 9.17) is 15.2 Å². The molecule has 2 aliphatic rings. The first-order valence-electron chi connectivity index (χ1n) is 8.35. The number of ether oxygens (including phenoxy) is 2. The number of rotatable bonds is 5. The molecule has 0 aromatic heterocycles. The van der Waals surface area contributed by atoms with Crippen LogP contribution in [0.3, 0.4) is 0 Å². The van der Waals surface area contributed by atoms with Gasteiger partial charge in [0.25, 0.3) is 5.91 Å². The zero-order chi connectivity index (χ0) is 15.2. The van der Waals surface area contributed by atoms with Crippen LogP contribution in [0, 0.1) is 5.92 Å². The van der Waals surface area contributed by atoms with E-state index in [2.05, 4.69) is 6.92 Å². The van der Waals surface area contributed by atoms with Crippen LogP contribution in [0.2, 0.25) is 0 Å². The van der Waals surface area contributed by atoms with Crippen molar-refractivity contribution in [2.24, 2.45) is 11.7 Å². The van der Waals surface area contributed by atoms with Crippen molar-refractivity contribution in [1.29, 1.82) is 0 Å². The molecular formula is C16H31ClN2O3. The minimum atomic E-state index is -0.405. The van der Waals surface area contributed by atoms with Gasteiger partial charge in [-0.3, -0.25) is 4.79 Å². The second-order valence-corrected chi connectivity index (χ2v) is 6.51. The van der Waals surface area contributed by atoms with Gasteiger partial charge in [0.2, 0.25) is 0 Å². The molecule has 5 nitrogen and oxygen atoms in total. The molecule has 0 radical (unpaired) electrons. The molecule has 1 amide bonds. The Hall–Kier alpha value is -0.360. The van der Waals surface area contributed by atoms with Gasteiger partial charge < -0.3 is 20.1 Å². The van der Waals surface area contributed by atoms with Crippen LogP contribution in [0.25, 0.3) is 0 Å². The smallest absolute Gasteiger partial charge is 0.251 e. The predicted molar refractivity (Wildman–Crippen MR) is 89.2 cm³/mol. The van der Waals surface area contributed by atoms with E-state index in [9.17, 15) is 4.79 Å². The topological polar surface area (TPSA) is 64.8 Å². The van der Waals surface area contributed by atoms with Crippen molar-refractivity contribution in [2.45, 2.75) is 64.2 Å². The third kappa shape index (κ3) is 5.37. The molecule has 2 saturated heterocycles. The van der Waals surface area contributed by atoms with E-state index in [1.807, 2.05) is 11.8 Å². The first kappa shape index (κ1) is 19.7. The molecule has 4 unspecified atom stereocenters. The molecule has 0 aromatic carbocycles. The fraction of sp³-hybridized carbons (Fsp3) is 0.938. The van der Waals surface area contributed by atoms with Gasteiger partial charge in [0.05, 0.1) is 12.7 Å². The number of hydrogen-bond donors (Lipinski definition) is 1. The average Bonchev–Trinajstić information content (AvgIpc) is 2.52. The van der Waals surface area contributed by atoms with Gasteiger partial charge in [0.15, 0.2) is 0 Å². The van der Waals surface area contributed by atoms with E-state index in [0.717, 1.165) is 38.8 Å². The van der Waals surface area contributed by atoms with Crippen LogP contribution in [0.1, 0.15) is 46.0 Å². The summed E-state index contributed by atoms with van der Waals surface area (Å²) in [4.78, 5) is 14.5. The molecule has 0 aromatic rings. The maximum absolute atomic E-state index is 12.6. The highest BCUT2D eigenvalue weighted by Gasteiger charge is 2.32. The Morgan fingerprint density at radius 3 is 2.82 bits per heavy atom. The summed E-state index contributed by atoms with van der Waals surface area (Å²) in [6.07, 6.45) is 5.17. The SMILES string of the molecule is CC1CCN(C(=O)C(C)OCC2CCCCO2)C(CN)C1.Cl. The van der Waals surface area contributed by atoms with Gasteiger partial charge in [-0.25, -0.2) is 0 Å². The second kappa shape index (κ2) is 9.71. The summed E-state index contributed by atoms with van der Waals surface area (Å²) in [7, 11) is 0. The maximum Gasteiger partial charge on any atom is 0.251 e. The van der Waals surface area contributed by atoms with Crippen molar-refractivity contribution >= 4 is 18.3 Å². The lowest BCUT2D eigenvalue weighted by molar-refractivity contribution is -0.150. The van der Waals surface area contributed by atoms with Gasteiger partial charge >= 0.3 is 0 Å². The number of hydrogen-bond acceptors (Lipinski definition) is 4. The van der Waals surface area contributed by atoms with Crippen LogP contribution >= 0.6 is 12.4 Å². The van der Waals surface area contributed by atoms with Crippen molar-refractivity contribution in [3.05, 3.63) is 0 Å². The van der Waals surface area contributed by atoms with Crippen molar-refractivity contribution in [3.8, 4) is 0 Å². The number of piperidine rings is 1. The number of halogens is 1. The lowest BCUT2D eigenvalue weighted by Crippen LogP contribution is -2.52. The van der Waals surface area contributed by atoms with Gasteiger partial charge in [0.1, 0.15) is 6.10 Å². The van der Waals surface area contributed by atoms with Crippen molar-refractivity contribution in [3.63, 3.8) is 0 Å². The number of nitrogens with zero attached hydrogens (tertiary/aromatic N) is 1. The van der Waals surface area contributed by atoms with Crippen molar-refractivity contribution < 1.29 is 14.3 Å². The molecule has 2 rings (SSSR count). The first-order chi connectivity index (χ1) is 10.1. The normalized spacial score (nSPS) is 30.5. The van der Waals surface area contributed by atoms with Crippen LogP contribution in [-0.2, 0) is 14.3 Å². The van der Waals surface area contributed by atoms with Gasteiger partial charge in [-0.2, -0.15) is 0 Å². The van der Waals surface area contributed by atoms with E-state index in [0.29, 0.717) is 19.1 Å². The van der Waals surface area contributed by atoms with Gasteiger partial charge in [-0.15, -0.1) is 12.4 Å². The molecule has 130 valence electrons. The Bertz CT molecular complexity index is 337. The van der Waals surface area contributed by atoms with Gasteiger partial charge in [-0.05, 0) is 44.9 Å². The minimum absolute atomic E-state index is 0. The fourth-order valence-corrected chi connectivity index (χ4v) is 3.26. The molecule has 2 aliphatic heterocycles. The summed E-state index contributed by atoms with van der Waals surface area (Å²) in [5.41, 5.74) is 5.83. The van der Waals surface area contributed by atoms with Crippen LogP contribution in [0.4, 0.5) is 0 Å². The molecular weight excluding hydrogens is 304 g/mol. The quantitative estimate of drug-likeness (QED) is 0.834. The summed E-state index contributed by atoms with van der Waals surface area (Å²) in [5, 5.41) is 0. The Morgan fingerprint density at radius 2 is 2.18 bits per heavy atom. The average molecular weight is 335 g/mol. The fourth-order valence-electron chi connectivity index (χ4n) is 3.26. The zero-order valence-corrected chi connectivity index (χ0v) is 14.6. The van der Waals surface area contributed by atoms with Crippen molar-refractivity contribution in [2.75, 3.05) is 26.3 Å². The molecule has 0 bridgehead atoms. The van der Waals surface area contributed by atoms with E-state index in [1.165, 1.54) is 6.42 Å². The molecule has 22 heavy (non-hydrogen) atoms.